The van der Waals surface area contributed by atoms with Crippen LogP contribution in [0.25, 0.3) is 32.9 Å². The monoisotopic (exact) mass is 673 g/mol. The molecule has 0 radical (unpaired) electrons. The second-order valence-electron chi connectivity index (χ2n) is 14.7. The Hall–Kier alpha value is -4.19. The van der Waals surface area contributed by atoms with Crippen LogP contribution in [0.3, 0.4) is 0 Å². The summed E-state index contributed by atoms with van der Waals surface area (Å²) in [6.07, 6.45) is 4.03. The second kappa shape index (κ2) is 12.0. The first-order valence-electron chi connectivity index (χ1n) is 17.4. The molecule has 12 heteroatoms. The molecule has 4 aromatic rings. The van der Waals surface area contributed by atoms with Gasteiger partial charge in [-0.05, 0) is 106 Å². The number of ether oxygens (including phenoxy) is 1. The summed E-state index contributed by atoms with van der Waals surface area (Å²) in [6.45, 7) is 8.93. The number of hydrogen-bond donors (Lipinski definition) is 1. The SMILES string of the molecule is C=CC(=O)N1CC2(CCN(c3nc(C4CCN(C)CC4)nc4c(OCC(F)(F)F)c(-c5c(C)ccc6[nH]ncc56)c(C5CC5)cc34)CC2)C1. The molecule has 2 aromatic heterocycles. The van der Waals surface area contributed by atoms with Gasteiger partial charge in [0.1, 0.15) is 17.2 Å². The molecular weight excluding hydrogens is 631 g/mol. The van der Waals surface area contributed by atoms with Crippen molar-refractivity contribution < 1.29 is 22.7 Å². The van der Waals surface area contributed by atoms with Gasteiger partial charge in [0.05, 0.1) is 11.7 Å². The number of amides is 1. The molecule has 1 aliphatic carbocycles. The Morgan fingerprint density at radius 1 is 1.04 bits per heavy atom. The van der Waals surface area contributed by atoms with E-state index >= 15 is 0 Å². The highest BCUT2D eigenvalue weighted by Crippen LogP contribution is 2.53. The maximum Gasteiger partial charge on any atom is 0.422 e. The third kappa shape index (κ3) is 5.91. The zero-order valence-electron chi connectivity index (χ0n) is 28.1. The highest BCUT2D eigenvalue weighted by Gasteiger charge is 2.46. The first kappa shape index (κ1) is 32.0. The van der Waals surface area contributed by atoms with Crippen LogP contribution in [-0.4, -0.2) is 95.0 Å². The number of fused-ring (bicyclic) bond motifs is 2. The van der Waals surface area contributed by atoms with Gasteiger partial charge in [-0.3, -0.25) is 9.89 Å². The van der Waals surface area contributed by atoms with Crippen LogP contribution in [0.4, 0.5) is 19.0 Å². The Balaban J connectivity index is 1.31. The van der Waals surface area contributed by atoms with E-state index in [9.17, 15) is 18.0 Å². The number of piperidine rings is 2. The van der Waals surface area contributed by atoms with Crippen LogP contribution in [0.5, 0.6) is 5.75 Å². The molecular formula is C37H42F3N7O2. The Morgan fingerprint density at radius 3 is 2.45 bits per heavy atom. The van der Waals surface area contributed by atoms with E-state index in [1.807, 2.05) is 24.0 Å². The van der Waals surface area contributed by atoms with Crippen molar-refractivity contribution in [2.24, 2.45) is 5.41 Å². The van der Waals surface area contributed by atoms with Gasteiger partial charge in [-0.2, -0.15) is 18.3 Å². The molecule has 4 fully saturated rings. The highest BCUT2D eigenvalue weighted by molar-refractivity contribution is 6.06. The minimum Gasteiger partial charge on any atom is -0.481 e. The van der Waals surface area contributed by atoms with Gasteiger partial charge in [0.15, 0.2) is 12.4 Å². The summed E-state index contributed by atoms with van der Waals surface area (Å²) < 4.78 is 48.0. The van der Waals surface area contributed by atoms with Gasteiger partial charge in [-0.1, -0.05) is 12.6 Å². The average molecular weight is 674 g/mol. The van der Waals surface area contributed by atoms with Gasteiger partial charge in [0, 0.05) is 53.8 Å². The van der Waals surface area contributed by atoms with E-state index in [2.05, 4.69) is 39.7 Å². The number of alkyl halides is 3. The lowest BCUT2D eigenvalue weighted by Gasteiger charge is -2.54. The number of carbonyl (C=O) groups is 1. The van der Waals surface area contributed by atoms with Crippen LogP contribution in [0.1, 0.15) is 67.3 Å². The summed E-state index contributed by atoms with van der Waals surface area (Å²) in [5.41, 5.74) is 4.74. The maximum absolute atomic E-state index is 14.0. The lowest BCUT2D eigenvalue weighted by molar-refractivity contribution is -0.153. The van der Waals surface area contributed by atoms with Crippen molar-refractivity contribution in [2.45, 2.75) is 63.5 Å². The number of aromatic nitrogens is 4. The van der Waals surface area contributed by atoms with Crippen LogP contribution in [-0.2, 0) is 4.79 Å². The van der Waals surface area contributed by atoms with E-state index in [0.29, 0.717) is 16.9 Å². The molecule has 258 valence electrons. The molecule has 0 unspecified atom stereocenters. The van der Waals surface area contributed by atoms with Crippen molar-refractivity contribution in [3.05, 3.63) is 54.0 Å². The van der Waals surface area contributed by atoms with Crippen LogP contribution in [0.15, 0.2) is 37.1 Å². The van der Waals surface area contributed by atoms with Crippen LogP contribution in [0, 0.1) is 12.3 Å². The highest BCUT2D eigenvalue weighted by atomic mass is 19.4. The third-order valence-corrected chi connectivity index (χ3v) is 11.2. The van der Waals surface area contributed by atoms with E-state index in [1.54, 1.807) is 6.20 Å². The van der Waals surface area contributed by atoms with Crippen LogP contribution >= 0.6 is 0 Å². The maximum atomic E-state index is 14.0. The normalized spacial score (nSPS) is 20.3. The van der Waals surface area contributed by atoms with Crippen molar-refractivity contribution in [3.8, 4) is 16.9 Å². The number of carbonyl (C=O) groups excluding carboxylic acids is 1. The number of likely N-dealkylation sites (tertiary alicyclic amines) is 2. The Morgan fingerprint density at radius 2 is 1.78 bits per heavy atom. The van der Waals surface area contributed by atoms with Crippen LogP contribution < -0.4 is 9.64 Å². The van der Waals surface area contributed by atoms with Gasteiger partial charge >= 0.3 is 6.18 Å². The third-order valence-electron chi connectivity index (χ3n) is 11.2. The van der Waals surface area contributed by atoms with Crippen molar-refractivity contribution in [1.82, 2.24) is 30.0 Å². The van der Waals surface area contributed by atoms with E-state index < -0.39 is 12.8 Å². The zero-order valence-corrected chi connectivity index (χ0v) is 28.1. The lowest BCUT2D eigenvalue weighted by atomic mass is 9.72. The molecule has 9 nitrogen and oxygen atoms in total. The number of aromatic amines is 1. The molecule has 1 saturated carbocycles. The van der Waals surface area contributed by atoms with Crippen molar-refractivity contribution in [1.29, 1.82) is 0 Å². The quantitative estimate of drug-likeness (QED) is 0.218. The van der Waals surface area contributed by atoms with Crippen molar-refractivity contribution >= 4 is 33.5 Å². The molecule has 1 amide bonds. The number of hydrogen-bond acceptors (Lipinski definition) is 7. The van der Waals surface area contributed by atoms with Crippen molar-refractivity contribution in [2.75, 3.05) is 57.8 Å². The number of nitrogens with one attached hydrogen (secondary N) is 1. The topological polar surface area (TPSA) is 90.5 Å². The van der Waals surface area contributed by atoms with Crippen molar-refractivity contribution in [3.63, 3.8) is 0 Å². The summed E-state index contributed by atoms with van der Waals surface area (Å²) in [4.78, 5) is 29.0. The van der Waals surface area contributed by atoms with E-state index in [-0.39, 0.29) is 28.9 Å². The average Bonchev–Trinajstić information content (AvgIpc) is 3.81. The van der Waals surface area contributed by atoms with Gasteiger partial charge in [-0.15, -0.1) is 0 Å². The fourth-order valence-electron chi connectivity index (χ4n) is 8.23. The Labute approximate surface area is 283 Å². The van der Waals surface area contributed by atoms with Gasteiger partial charge in [0.25, 0.3) is 0 Å². The molecule has 0 bridgehead atoms. The number of rotatable bonds is 7. The number of nitrogens with zero attached hydrogens (tertiary/aromatic N) is 6. The summed E-state index contributed by atoms with van der Waals surface area (Å²) in [6, 6.07) is 6.08. The van der Waals surface area contributed by atoms with Gasteiger partial charge in [0.2, 0.25) is 5.91 Å². The Bertz CT molecular complexity index is 1930. The van der Waals surface area contributed by atoms with E-state index in [0.717, 1.165) is 117 Å². The molecule has 5 heterocycles. The number of benzene rings is 2. The fourth-order valence-corrected chi connectivity index (χ4v) is 8.23. The lowest BCUT2D eigenvalue weighted by Crippen LogP contribution is -2.61. The first-order chi connectivity index (χ1) is 23.5. The van der Waals surface area contributed by atoms with Gasteiger partial charge in [-0.25, -0.2) is 9.97 Å². The zero-order chi connectivity index (χ0) is 34.1. The summed E-state index contributed by atoms with van der Waals surface area (Å²) in [5, 5.41) is 8.90. The predicted molar refractivity (Wildman–Crippen MR) is 183 cm³/mol. The molecule has 49 heavy (non-hydrogen) atoms. The largest absolute Gasteiger partial charge is 0.481 e. The number of halogens is 3. The first-order valence-corrected chi connectivity index (χ1v) is 17.4. The summed E-state index contributed by atoms with van der Waals surface area (Å²) in [5.74, 6) is 1.87. The van der Waals surface area contributed by atoms with Gasteiger partial charge < -0.3 is 19.4 Å². The molecule has 1 N–H and O–H groups in total. The minimum atomic E-state index is -4.53. The molecule has 4 aliphatic rings. The summed E-state index contributed by atoms with van der Waals surface area (Å²) >= 11 is 0. The number of aryl methyl sites for hydroxylation is 1. The number of H-pyrrole nitrogens is 1. The van der Waals surface area contributed by atoms with E-state index in [1.165, 1.54) is 6.08 Å². The molecule has 3 saturated heterocycles. The second-order valence-corrected chi connectivity index (χ2v) is 14.7. The molecule has 0 atom stereocenters. The van der Waals surface area contributed by atoms with Crippen LogP contribution in [0.2, 0.25) is 0 Å². The molecule has 2 aromatic carbocycles. The Kier molecular flexibility index (Phi) is 7.84. The summed E-state index contributed by atoms with van der Waals surface area (Å²) in [7, 11) is 2.10. The smallest absolute Gasteiger partial charge is 0.422 e. The molecule has 8 rings (SSSR count). The predicted octanol–water partition coefficient (Wildman–Crippen LogP) is 6.72. The molecule has 3 aliphatic heterocycles. The van der Waals surface area contributed by atoms with E-state index in [4.69, 9.17) is 14.7 Å². The minimum absolute atomic E-state index is 0.0336. The fraction of sp³-hybridized carbons (Fsp3) is 0.514. The molecule has 1 spiro atoms. The number of anilines is 1. The standard InChI is InChI=1S/C37H42F3N7O2/c1-4-29(48)47-19-36(20-47)11-15-46(16-12-36)35-26-17-25(23-6-7-23)31(30-22(2)5-8-28-27(30)18-41-44-28)33(49-21-37(38,39)40)32(26)42-34(43-35)24-9-13-45(3)14-10-24/h4-5,8,17-18,23-24H,1,6-7,9-16,19-21H2,2-3H3,(H,41,44).